The van der Waals surface area contributed by atoms with E-state index in [1.807, 2.05) is 32.9 Å². The SMILES string of the molecule is COCCOC(=O)/C=C/CN(CCCCN1c2ccccc2CCc2ccc(Cl)cc21)C(=O)OC(C)(C)C. The summed E-state index contributed by atoms with van der Waals surface area (Å²) in [5.41, 5.74) is 4.33. The van der Waals surface area contributed by atoms with Crippen LogP contribution in [0.25, 0.3) is 0 Å². The minimum absolute atomic E-state index is 0.184. The molecule has 0 bridgehead atoms. The average Bonchev–Trinajstić information content (AvgIpc) is 3.01. The predicted octanol–water partition coefficient (Wildman–Crippen LogP) is 6.34. The maximum Gasteiger partial charge on any atom is 0.410 e. The quantitative estimate of drug-likeness (QED) is 0.187. The number of hydrogen-bond donors (Lipinski definition) is 0. The third-order valence-corrected chi connectivity index (χ3v) is 6.34. The number of benzene rings is 2. The Morgan fingerprint density at radius 2 is 1.76 bits per heavy atom. The number of anilines is 2. The van der Waals surface area contributed by atoms with Crippen LogP contribution in [0.2, 0.25) is 5.02 Å². The summed E-state index contributed by atoms with van der Waals surface area (Å²) in [6.45, 7) is 7.57. The second-order valence-corrected chi connectivity index (χ2v) is 10.7. The molecule has 8 heteroatoms. The molecule has 0 unspecified atom stereocenters. The number of fused-ring (bicyclic) bond motifs is 2. The van der Waals surface area contributed by atoms with Crippen LogP contribution in [-0.4, -0.2) is 62.5 Å². The van der Waals surface area contributed by atoms with Gasteiger partial charge in [-0.05, 0) is 75.8 Å². The van der Waals surface area contributed by atoms with E-state index in [0.29, 0.717) is 13.2 Å². The first-order valence-electron chi connectivity index (χ1n) is 13.1. The standard InChI is InChI=1S/C30H39ClN2O5/c1-30(2,3)38-29(35)32(18-9-12-28(34)37-21-20-36-4)17-7-8-19-33-26-11-6-5-10-23(26)13-14-24-15-16-25(31)22-27(24)33/h5-6,9-12,15-16,22H,7-8,13-14,17-21H2,1-4H3/b12-9+. The summed E-state index contributed by atoms with van der Waals surface area (Å²) in [5.74, 6) is -0.469. The Morgan fingerprint density at radius 1 is 1.03 bits per heavy atom. The topological polar surface area (TPSA) is 68.3 Å². The van der Waals surface area contributed by atoms with Crippen LogP contribution < -0.4 is 4.90 Å². The smallest absolute Gasteiger partial charge is 0.410 e. The molecule has 2 aromatic carbocycles. The van der Waals surface area contributed by atoms with Crippen LogP contribution in [0.5, 0.6) is 0 Å². The number of rotatable bonds is 11. The summed E-state index contributed by atoms with van der Waals surface area (Å²) >= 11 is 6.39. The van der Waals surface area contributed by atoms with Crippen molar-refractivity contribution in [3.63, 3.8) is 0 Å². The Balaban J connectivity index is 1.65. The molecule has 0 saturated carbocycles. The van der Waals surface area contributed by atoms with Crippen molar-refractivity contribution in [1.29, 1.82) is 0 Å². The van der Waals surface area contributed by atoms with Crippen molar-refractivity contribution in [3.8, 4) is 0 Å². The van der Waals surface area contributed by atoms with Gasteiger partial charge in [0.1, 0.15) is 12.2 Å². The summed E-state index contributed by atoms with van der Waals surface area (Å²) in [5, 5.41) is 0.719. The highest BCUT2D eigenvalue weighted by molar-refractivity contribution is 6.30. The highest BCUT2D eigenvalue weighted by Crippen LogP contribution is 2.37. The maximum absolute atomic E-state index is 12.9. The van der Waals surface area contributed by atoms with Gasteiger partial charge in [-0.3, -0.25) is 0 Å². The second kappa shape index (κ2) is 14.2. The van der Waals surface area contributed by atoms with Gasteiger partial charge in [0.2, 0.25) is 0 Å². The predicted molar refractivity (Wildman–Crippen MR) is 151 cm³/mol. The molecule has 206 valence electrons. The van der Waals surface area contributed by atoms with Crippen LogP contribution in [0, 0.1) is 0 Å². The second-order valence-electron chi connectivity index (χ2n) is 10.2. The fourth-order valence-electron chi connectivity index (χ4n) is 4.33. The van der Waals surface area contributed by atoms with E-state index in [2.05, 4.69) is 35.2 Å². The fraction of sp³-hybridized carbons (Fsp3) is 0.467. The molecule has 0 aliphatic carbocycles. The molecule has 0 radical (unpaired) electrons. The van der Waals surface area contributed by atoms with E-state index >= 15 is 0 Å². The lowest BCUT2D eigenvalue weighted by Gasteiger charge is -2.29. The Kier molecular flexibility index (Phi) is 11.0. The summed E-state index contributed by atoms with van der Waals surface area (Å²) in [6, 6.07) is 14.6. The van der Waals surface area contributed by atoms with E-state index in [9.17, 15) is 9.59 Å². The third-order valence-electron chi connectivity index (χ3n) is 6.11. The Hall–Kier alpha value is -3.03. The fourth-order valence-corrected chi connectivity index (χ4v) is 4.50. The molecule has 1 amide bonds. The van der Waals surface area contributed by atoms with Crippen LogP contribution in [0.3, 0.4) is 0 Å². The Morgan fingerprint density at radius 3 is 2.50 bits per heavy atom. The minimum Gasteiger partial charge on any atom is -0.460 e. The molecular formula is C30H39ClN2O5. The number of ether oxygens (including phenoxy) is 3. The molecule has 0 atom stereocenters. The Labute approximate surface area is 231 Å². The normalized spacial score (nSPS) is 13.0. The summed E-state index contributed by atoms with van der Waals surface area (Å²) in [6.07, 6.45) is 6.11. The molecule has 1 aliphatic heterocycles. The minimum atomic E-state index is -0.614. The highest BCUT2D eigenvalue weighted by atomic mass is 35.5. The molecule has 2 aromatic rings. The molecule has 1 aliphatic rings. The molecule has 1 heterocycles. The van der Waals surface area contributed by atoms with Gasteiger partial charge in [-0.25, -0.2) is 9.59 Å². The number of methoxy groups -OCH3 is 1. The van der Waals surface area contributed by atoms with Gasteiger partial charge in [-0.2, -0.15) is 0 Å². The monoisotopic (exact) mass is 542 g/mol. The number of carbonyl (C=O) groups excluding carboxylic acids is 2. The maximum atomic E-state index is 12.9. The number of amides is 1. The molecule has 0 spiro atoms. The number of nitrogens with zero attached hydrogens (tertiary/aromatic N) is 2. The van der Waals surface area contributed by atoms with E-state index in [0.717, 1.165) is 42.9 Å². The molecule has 0 N–H and O–H groups in total. The van der Waals surface area contributed by atoms with Gasteiger partial charge in [0, 0.05) is 49.2 Å². The van der Waals surface area contributed by atoms with E-state index in [-0.39, 0.29) is 13.2 Å². The zero-order valence-corrected chi connectivity index (χ0v) is 23.6. The zero-order valence-electron chi connectivity index (χ0n) is 22.9. The lowest BCUT2D eigenvalue weighted by Crippen LogP contribution is -2.37. The lowest BCUT2D eigenvalue weighted by molar-refractivity contribution is -0.139. The molecule has 0 aromatic heterocycles. The number of halogens is 1. The average molecular weight is 543 g/mol. The van der Waals surface area contributed by atoms with Crippen LogP contribution in [0.4, 0.5) is 16.2 Å². The largest absolute Gasteiger partial charge is 0.460 e. The number of aryl methyl sites for hydroxylation is 2. The third kappa shape index (κ3) is 9.07. The first-order chi connectivity index (χ1) is 18.2. The first-order valence-corrected chi connectivity index (χ1v) is 13.5. The van der Waals surface area contributed by atoms with Gasteiger partial charge >= 0.3 is 12.1 Å². The van der Waals surface area contributed by atoms with Crippen molar-refractivity contribution >= 4 is 35.0 Å². The van der Waals surface area contributed by atoms with Crippen molar-refractivity contribution in [1.82, 2.24) is 4.90 Å². The zero-order chi connectivity index (χ0) is 27.5. The van der Waals surface area contributed by atoms with Gasteiger partial charge < -0.3 is 24.0 Å². The summed E-state index contributed by atoms with van der Waals surface area (Å²) in [4.78, 5) is 28.7. The lowest BCUT2D eigenvalue weighted by atomic mass is 10.0. The number of esters is 1. The Bertz CT molecular complexity index is 1110. The molecule has 0 saturated heterocycles. The molecule has 3 rings (SSSR count). The van der Waals surface area contributed by atoms with Crippen LogP contribution >= 0.6 is 11.6 Å². The number of unbranched alkanes of at least 4 members (excludes halogenated alkanes) is 1. The number of hydrogen-bond acceptors (Lipinski definition) is 6. The van der Waals surface area contributed by atoms with Gasteiger partial charge in [-0.15, -0.1) is 0 Å². The van der Waals surface area contributed by atoms with E-state index < -0.39 is 17.7 Å². The highest BCUT2D eigenvalue weighted by Gasteiger charge is 2.23. The van der Waals surface area contributed by atoms with E-state index in [1.54, 1.807) is 18.1 Å². The molecule has 0 fully saturated rings. The van der Waals surface area contributed by atoms with Crippen molar-refractivity contribution in [2.24, 2.45) is 0 Å². The molecule has 7 nitrogen and oxygen atoms in total. The first kappa shape index (κ1) is 29.5. The van der Waals surface area contributed by atoms with Crippen LogP contribution in [-0.2, 0) is 31.8 Å². The summed E-state index contributed by atoms with van der Waals surface area (Å²) < 4.78 is 15.5. The number of para-hydroxylation sites is 1. The number of carbonyl (C=O) groups is 2. The van der Waals surface area contributed by atoms with Crippen LogP contribution in [0.1, 0.15) is 44.7 Å². The molecule has 38 heavy (non-hydrogen) atoms. The van der Waals surface area contributed by atoms with Gasteiger partial charge in [0.25, 0.3) is 0 Å². The van der Waals surface area contributed by atoms with Crippen molar-refractivity contribution < 1.29 is 23.8 Å². The molecular weight excluding hydrogens is 504 g/mol. The van der Waals surface area contributed by atoms with Crippen LogP contribution in [0.15, 0.2) is 54.6 Å². The van der Waals surface area contributed by atoms with E-state index in [1.165, 1.54) is 22.9 Å². The van der Waals surface area contributed by atoms with Gasteiger partial charge in [0.15, 0.2) is 0 Å². The van der Waals surface area contributed by atoms with Crippen molar-refractivity contribution in [2.45, 2.75) is 52.1 Å². The summed E-state index contributed by atoms with van der Waals surface area (Å²) in [7, 11) is 1.54. The van der Waals surface area contributed by atoms with E-state index in [4.69, 9.17) is 25.8 Å². The van der Waals surface area contributed by atoms with Gasteiger partial charge in [0.05, 0.1) is 6.61 Å². The van der Waals surface area contributed by atoms with Crippen molar-refractivity contribution in [2.75, 3.05) is 44.9 Å². The van der Waals surface area contributed by atoms with Gasteiger partial charge in [-0.1, -0.05) is 41.9 Å². The van der Waals surface area contributed by atoms with Crippen molar-refractivity contribution in [3.05, 3.63) is 70.8 Å².